The Morgan fingerprint density at radius 1 is 1.24 bits per heavy atom. The van der Waals surface area contributed by atoms with Crippen molar-refractivity contribution in [1.82, 2.24) is 24.5 Å². The minimum atomic E-state index is -4.82. The molecule has 16 heteroatoms. The number of hydrogen-bond acceptors (Lipinski definition) is 9. The molecule has 1 aromatic carbocycles. The molecule has 0 saturated heterocycles. The Balaban J connectivity index is 1.72. The number of phosphoric ester groups is 1. The molecule has 4 N–H and O–H groups in total. The van der Waals surface area contributed by atoms with Gasteiger partial charge in [-0.05, 0) is 36.7 Å². The highest BCUT2D eigenvalue weighted by molar-refractivity contribution is 8.01. The molecule has 0 amide bonds. The van der Waals surface area contributed by atoms with Gasteiger partial charge in [0.15, 0.2) is 26.5 Å². The van der Waals surface area contributed by atoms with Crippen LogP contribution in [-0.4, -0.2) is 51.7 Å². The molecule has 1 atom stereocenters. The van der Waals surface area contributed by atoms with E-state index in [1.165, 1.54) is 29.4 Å². The molecule has 3 heterocycles. The lowest BCUT2D eigenvalue weighted by Crippen LogP contribution is -2.36. The predicted octanol–water partition coefficient (Wildman–Crippen LogP) is 4.93. The van der Waals surface area contributed by atoms with Crippen molar-refractivity contribution in [2.24, 2.45) is 0 Å². The van der Waals surface area contributed by atoms with Crippen LogP contribution in [0.5, 0.6) is 0 Å². The fraction of sp³-hybridized carbons (Fsp3) is 0.333. The van der Waals surface area contributed by atoms with E-state index in [0.717, 1.165) is 10.2 Å². The molecule has 10 nitrogen and oxygen atoms in total. The zero-order valence-corrected chi connectivity index (χ0v) is 22.1. The van der Waals surface area contributed by atoms with E-state index in [1.54, 1.807) is 10.6 Å². The van der Waals surface area contributed by atoms with Gasteiger partial charge >= 0.3 is 7.82 Å². The minimum absolute atomic E-state index is 0.0978. The lowest BCUT2D eigenvalue weighted by molar-refractivity contribution is 0.0386. The van der Waals surface area contributed by atoms with Crippen molar-refractivity contribution >= 4 is 92.9 Å². The van der Waals surface area contributed by atoms with Gasteiger partial charge in [0.25, 0.3) is 0 Å². The van der Waals surface area contributed by atoms with Crippen LogP contribution in [-0.2, 0) is 15.6 Å². The number of halogens is 3. The summed E-state index contributed by atoms with van der Waals surface area (Å²) in [6.07, 6.45) is 1.58. The van der Waals surface area contributed by atoms with E-state index in [4.69, 9.17) is 45.1 Å². The number of nitrogens with zero attached hydrogens (tertiary/aromatic N) is 5. The molecule has 0 saturated carbocycles. The van der Waals surface area contributed by atoms with Gasteiger partial charge in [0.05, 0.1) is 26.7 Å². The highest BCUT2D eigenvalue weighted by Gasteiger charge is 2.37. The lowest BCUT2D eigenvalue weighted by atomic mass is 9.99. The van der Waals surface area contributed by atoms with Crippen LogP contribution in [0.25, 0.3) is 21.4 Å². The van der Waals surface area contributed by atoms with Crippen LogP contribution in [0.3, 0.4) is 0 Å². The van der Waals surface area contributed by atoms with Gasteiger partial charge in [-0.25, -0.2) is 24.5 Å². The van der Waals surface area contributed by atoms with Crippen molar-refractivity contribution < 1.29 is 18.9 Å². The molecule has 4 aromatic rings. The molecule has 1 unspecified atom stereocenters. The Morgan fingerprint density at radius 3 is 2.71 bits per heavy atom. The third-order valence-electron chi connectivity index (χ3n) is 4.95. The first-order chi connectivity index (χ1) is 16.1. The number of imidazole rings is 1. The number of aromatic nitrogens is 5. The Labute approximate surface area is 217 Å². The molecule has 0 bridgehead atoms. The summed E-state index contributed by atoms with van der Waals surface area (Å²) in [4.78, 5) is 36.4. The Hall–Kier alpha value is -1.21. The highest BCUT2D eigenvalue weighted by Crippen LogP contribution is 2.45. The summed E-state index contributed by atoms with van der Waals surface area (Å²) in [5, 5.41) is 1.12. The first kappa shape index (κ1) is 25.9. The van der Waals surface area contributed by atoms with E-state index in [9.17, 15) is 14.4 Å². The quantitative estimate of drug-likeness (QED) is 0.173. The summed E-state index contributed by atoms with van der Waals surface area (Å²) in [6.45, 7) is 0.213. The number of anilines is 1. The van der Waals surface area contributed by atoms with Crippen LogP contribution in [0.15, 0.2) is 34.0 Å². The molecule has 0 spiro atoms. The van der Waals surface area contributed by atoms with Crippen LogP contribution in [0, 0.1) is 0 Å². The second-order valence-electron chi connectivity index (χ2n) is 7.23. The number of benzene rings is 1. The maximum absolute atomic E-state index is 11.6. The van der Waals surface area contributed by atoms with Gasteiger partial charge in [-0.2, -0.15) is 0 Å². The number of rotatable bonds is 10. The molecule has 182 valence electrons. The van der Waals surface area contributed by atoms with E-state index in [1.807, 2.05) is 12.1 Å². The molecular formula is C18H18Cl3N6O4PS2. The molecule has 3 aromatic heterocycles. The fourth-order valence-corrected chi connectivity index (χ4v) is 7.19. The van der Waals surface area contributed by atoms with E-state index in [0.29, 0.717) is 25.7 Å². The van der Waals surface area contributed by atoms with Crippen LogP contribution < -0.4 is 5.73 Å². The van der Waals surface area contributed by atoms with Gasteiger partial charge in [-0.15, -0.1) is 34.5 Å². The predicted molar refractivity (Wildman–Crippen MR) is 135 cm³/mol. The lowest BCUT2D eigenvalue weighted by Gasteiger charge is -2.31. The van der Waals surface area contributed by atoms with Gasteiger partial charge in [0.1, 0.15) is 6.33 Å². The third kappa shape index (κ3) is 5.61. The van der Waals surface area contributed by atoms with Gasteiger partial charge < -0.3 is 20.1 Å². The Morgan fingerprint density at radius 2 is 2.03 bits per heavy atom. The zero-order chi connectivity index (χ0) is 24.5. The molecule has 0 aliphatic heterocycles. The van der Waals surface area contributed by atoms with Gasteiger partial charge in [-0.1, -0.05) is 17.7 Å². The average Bonchev–Trinajstić information content (AvgIpc) is 3.34. The van der Waals surface area contributed by atoms with Crippen LogP contribution >= 0.6 is 65.7 Å². The molecule has 0 aliphatic carbocycles. The Bertz CT molecular complexity index is 1380. The second kappa shape index (κ2) is 10.4. The third-order valence-corrected chi connectivity index (χ3v) is 8.84. The maximum atomic E-state index is 11.6. The largest absolute Gasteiger partial charge is 0.470 e. The number of nitrogen functional groups attached to an aromatic ring is 1. The van der Waals surface area contributed by atoms with Crippen LogP contribution in [0.1, 0.15) is 12.8 Å². The van der Waals surface area contributed by atoms with Gasteiger partial charge in [-0.3, -0.25) is 4.52 Å². The Kier molecular flexibility index (Phi) is 7.93. The van der Waals surface area contributed by atoms with Crippen molar-refractivity contribution in [1.29, 1.82) is 0 Å². The molecular weight excluding hydrogens is 566 g/mol. The normalized spacial score (nSPS) is 14.1. The smallest absolute Gasteiger partial charge is 0.382 e. The summed E-state index contributed by atoms with van der Waals surface area (Å²) in [5.41, 5.74) is 6.28. The standard InChI is InChI=1S/C18H18Cl3N6O4PS2/c19-6-4-18(8-20,31-32(28,29)30)5-7-27-15-12(14(22)23-9-24-15)26-16(27)34-17-25-11-3-1-2-10(21)13(11)33-17/h1-3,9H,4-8H2,(H2,22,23,24)(H2,28,29,30). The molecule has 34 heavy (non-hydrogen) atoms. The van der Waals surface area contributed by atoms with Gasteiger partial charge in [0.2, 0.25) is 0 Å². The maximum Gasteiger partial charge on any atom is 0.470 e. The van der Waals surface area contributed by atoms with Crippen molar-refractivity contribution in [2.75, 3.05) is 17.5 Å². The summed E-state index contributed by atoms with van der Waals surface area (Å²) >= 11 is 21.0. The molecule has 4 rings (SSSR count). The van der Waals surface area contributed by atoms with Crippen molar-refractivity contribution in [2.45, 2.75) is 34.5 Å². The van der Waals surface area contributed by atoms with Crippen LogP contribution in [0.2, 0.25) is 5.02 Å². The van der Waals surface area contributed by atoms with Crippen LogP contribution in [0.4, 0.5) is 5.82 Å². The summed E-state index contributed by atoms with van der Waals surface area (Å²) in [7, 11) is -4.82. The number of hydrogen-bond donors (Lipinski definition) is 3. The van der Waals surface area contributed by atoms with E-state index in [-0.39, 0.29) is 37.0 Å². The second-order valence-corrected chi connectivity index (χ2v) is 11.7. The van der Waals surface area contributed by atoms with Crippen molar-refractivity contribution in [3.05, 3.63) is 29.5 Å². The minimum Gasteiger partial charge on any atom is -0.382 e. The fourth-order valence-electron chi connectivity index (χ4n) is 3.34. The molecule has 0 fully saturated rings. The monoisotopic (exact) mass is 582 g/mol. The average molecular weight is 584 g/mol. The number of alkyl halides is 2. The first-order valence-electron chi connectivity index (χ1n) is 9.72. The first-order valence-corrected chi connectivity index (χ1v) is 14.3. The van der Waals surface area contributed by atoms with Gasteiger partial charge in [0, 0.05) is 12.4 Å². The summed E-state index contributed by atoms with van der Waals surface area (Å²) < 4.78 is 20.0. The number of aryl methyl sites for hydroxylation is 1. The topological polar surface area (TPSA) is 149 Å². The molecule has 0 radical (unpaired) electrons. The van der Waals surface area contributed by atoms with E-state index >= 15 is 0 Å². The van der Waals surface area contributed by atoms with E-state index < -0.39 is 13.4 Å². The van der Waals surface area contributed by atoms with Crippen molar-refractivity contribution in [3.8, 4) is 0 Å². The zero-order valence-electron chi connectivity index (χ0n) is 17.3. The molecule has 0 aliphatic rings. The number of phosphoric acid groups is 1. The summed E-state index contributed by atoms with van der Waals surface area (Å²) in [5.74, 6) is 0.127. The highest BCUT2D eigenvalue weighted by atomic mass is 35.5. The number of nitrogens with two attached hydrogens (primary N) is 1. The number of thiazole rings is 1. The SMILES string of the molecule is Nc1ncnc2c1nc(Sc1nc3cccc(Cl)c3s1)n2CCC(CCl)(CCCl)OP(=O)(O)O. The van der Waals surface area contributed by atoms with E-state index in [2.05, 4.69) is 19.9 Å². The summed E-state index contributed by atoms with van der Waals surface area (Å²) in [6, 6.07) is 5.49. The number of fused-ring (bicyclic) bond motifs is 2. The van der Waals surface area contributed by atoms with Crippen molar-refractivity contribution in [3.63, 3.8) is 0 Å².